The molecule has 0 aromatic carbocycles. The average Bonchev–Trinajstić information content (AvgIpc) is 2.25. The van der Waals surface area contributed by atoms with Crippen molar-refractivity contribution in [3.05, 3.63) is 23.9 Å². The molecule has 3 nitrogen and oxygen atoms in total. The fourth-order valence-electron chi connectivity index (χ4n) is 1.50. The first-order chi connectivity index (χ1) is 7.34. The van der Waals surface area contributed by atoms with Crippen LogP contribution >= 0.6 is 0 Å². The van der Waals surface area contributed by atoms with E-state index in [1.807, 2.05) is 12.3 Å². The zero-order chi connectivity index (χ0) is 10.9. The monoisotopic (exact) mass is 207 g/mol. The van der Waals surface area contributed by atoms with Gasteiger partial charge in [0.1, 0.15) is 5.82 Å². The topological polar surface area (TPSA) is 50.9 Å². The van der Waals surface area contributed by atoms with Crippen LogP contribution in [-0.2, 0) is 0 Å². The second-order valence-corrected chi connectivity index (χ2v) is 3.80. The molecular weight excluding hydrogens is 186 g/mol. The number of nitrogens with two attached hydrogens (primary N) is 1. The summed E-state index contributed by atoms with van der Waals surface area (Å²) in [7, 11) is 0. The fraction of sp³-hybridized carbons (Fsp3) is 0.583. The Bertz CT molecular complexity index is 273. The number of unbranched alkanes of at least 4 members (excludes halogenated alkanes) is 3. The van der Waals surface area contributed by atoms with Crippen LogP contribution in [0.3, 0.4) is 0 Å². The van der Waals surface area contributed by atoms with E-state index in [1.165, 1.54) is 24.8 Å². The third kappa shape index (κ3) is 4.79. The van der Waals surface area contributed by atoms with E-state index in [2.05, 4.69) is 23.3 Å². The molecule has 3 heteroatoms. The van der Waals surface area contributed by atoms with E-state index in [0.29, 0.717) is 0 Å². The van der Waals surface area contributed by atoms with Crippen molar-refractivity contribution in [2.24, 2.45) is 5.73 Å². The molecule has 0 radical (unpaired) electrons. The first-order valence-electron chi connectivity index (χ1n) is 5.70. The van der Waals surface area contributed by atoms with Crippen molar-refractivity contribution in [1.82, 2.24) is 4.98 Å². The largest absolute Gasteiger partial charge is 0.370 e. The quantitative estimate of drug-likeness (QED) is 0.675. The van der Waals surface area contributed by atoms with Gasteiger partial charge in [-0.1, -0.05) is 18.9 Å². The van der Waals surface area contributed by atoms with Crippen molar-refractivity contribution in [1.29, 1.82) is 0 Å². The van der Waals surface area contributed by atoms with E-state index in [4.69, 9.17) is 5.73 Å². The normalized spacial score (nSPS) is 10.3. The van der Waals surface area contributed by atoms with Crippen molar-refractivity contribution < 1.29 is 0 Å². The van der Waals surface area contributed by atoms with Crippen LogP contribution in [0.5, 0.6) is 0 Å². The molecule has 0 atom stereocenters. The van der Waals surface area contributed by atoms with Crippen molar-refractivity contribution in [2.45, 2.75) is 32.6 Å². The lowest BCUT2D eigenvalue weighted by Gasteiger charge is -2.07. The molecule has 15 heavy (non-hydrogen) atoms. The lowest BCUT2D eigenvalue weighted by atomic mass is 10.2. The number of nitrogens with zero attached hydrogens (tertiary/aromatic N) is 1. The van der Waals surface area contributed by atoms with Gasteiger partial charge in [0.2, 0.25) is 0 Å². The Kier molecular flexibility index (Phi) is 5.78. The van der Waals surface area contributed by atoms with Gasteiger partial charge in [-0.25, -0.2) is 4.98 Å². The van der Waals surface area contributed by atoms with Gasteiger partial charge in [0.25, 0.3) is 0 Å². The highest BCUT2D eigenvalue weighted by atomic mass is 15.0. The predicted molar refractivity (Wildman–Crippen MR) is 65.0 cm³/mol. The molecule has 1 aromatic heterocycles. The lowest BCUT2D eigenvalue weighted by Crippen LogP contribution is -2.05. The summed E-state index contributed by atoms with van der Waals surface area (Å²) < 4.78 is 0. The Labute approximate surface area is 92.1 Å². The highest BCUT2D eigenvalue weighted by molar-refractivity contribution is 5.42. The number of aryl methyl sites for hydroxylation is 1. The van der Waals surface area contributed by atoms with Crippen LogP contribution in [-0.4, -0.2) is 18.1 Å². The number of pyridine rings is 1. The molecule has 0 spiro atoms. The van der Waals surface area contributed by atoms with Gasteiger partial charge in [-0.05, 0) is 37.9 Å². The Morgan fingerprint density at radius 3 is 2.80 bits per heavy atom. The van der Waals surface area contributed by atoms with E-state index in [9.17, 15) is 0 Å². The van der Waals surface area contributed by atoms with E-state index in [0.717, 1.165) is 25.3 Å². The van der Waals surface area contributed by atoms with E-state index in [1.54, 1.807) is 0 Å². The highest BCUT2D eigenvalue weighted by Gasteiger charge is 1.96. The first kappa shape index (κ1) is 12.0. The third-order valence-corrected chi connectivity index (χ3v) is 2.43. The molecule has 0 fully saturated rings. The first-order valence-corrected chi connectivity index (χ1v) is 5.70. The molecule has 0 saturated heterocycles. The fourth-order valence-corrected chi connectivity index (χ4v) is 1.50. The summed E-state index contributed by atoms with van der Waals surface area (Å²) in [6, 6.07) is 4.03. The molecule has 0 bridgehead atoms. The summed E-state index contributed by atoms with van der Waals surface area (Å²) >= 11 is 0. The Hall–Kier alpha value is -1.09. The van der Waals surface area contributed by atoms with E-state index >= 15 is 0 Å². The van der Waals surface area contributed by atoms with Gasteiger partial charge in [-0.2, -0.15) is 0 Å². The van der Waals surface area contributed by atoms with Gasteiger partial charge in [-0.3, -0.25) is 0 Å². The molecular formula is C12H21N3. The molecule has 0 saturated carbocycles. The van der Waals surface area contributed by atoms with Crippen LogP contribution < -0.4 is 11.1 Å². The van der Waals surface area contributed by atoms with Crippen LogP contribution in [0.4, 0.5) is 5.82 Å². The van der Waals surface area contributed by atoms with Crippen molar-refractivity contribution in [3.8, 4) is 0 Å². The van der Waals surface area contributed by atoms with Gasteiger partial charge >= 0.3 is 0 Å². The van der Waals surface area contributed by atoms with Gasteiger partial charge in [0, 0.05) is 12.7 Å². The Morgan fingerprint density at radius 2 is 2.07 bits per heavy atom. The minimum atomic E-state index is 0.812. The number of hydrogen-bond acceptors (Lipinski definition) is 3. The molecule has 0 aliphatic carbocycles. The highest BCUT2D eigenvalue weighted by Crippen LogP contribution is 2.09. The maximum atomic E-state index is 5.43. The molecule has 3 N–H and O–H groups in total. The summed E-state index contributed by atoms with van der Waals surface area (Å²) in [5, 5.41) is 3.35. The van der Waals surface area contributed by atoms with Gasteiger partial charge in [-0.15, -0.1) is 0 Å². The number of rotatable bonds is 7. The molecule has 0 aliphatic heterocycles. The van der Waals surface area contributed by atoms with Gasteiger partial charge in [0.05, 0.1) is 0 Å². The molecule has 0 aliphatic rings. The van der Waals surface area contributed by atoms with Gasteiger partial charge in [0.15, 0.2) is 0 Å². The number of nitrogens with one attached hydrogen (secondary N) is 1. The van der Waals surface area contributed by atoms with Crippen LogP contribution in [0.25, 0.3) is 0 Å². The van der Waals surface area contributed by atoms with Crippen LogP contribution in [0.1, 0.15) is 31.2 Å². The van der Waals surface area contributed by atoms with E-state index in [-0.39, 0.29) is 0 Å². The van der Waals surface area contributed by atoms with Crippen LogP contribution in [0.15, 0.2) is 18.3 Å². The summed E-state index contributed by atoms with van der Waals surface area (Å²) in [5.41, 5.74) is 6.64. The van der Waals surface area contributed by atoms with Crippen LogP contribution in [0.2, 0.25) is 0 Å². The predicted octanol–water partition coefficient (Wildman–Crippen LogP) is 2.32. The molecule has 1 aromatic rings. The van der Waals surface area contributed by atoms with Crippen molar-refractivity contribution in [2.75, 3.05) is 18.4 Å². The summed E-state index contributed by atoms with van der Waals surface area (Å²) in [4.78, 5) is 4.28. The minimum Gasteiger partial charge on any atom is -0.370 e. The van der Waals surface area contributed by atoms with E-state index < -0.39 is 0 Å². The summed E-state index contributed by atoms with van der Waals surface area (Å²) in [6.07, 6.45) is 6.64. The zero-order valence-electron chi connectivity index (χ0n) is 9.50. The van der Waals surface area contributed by atoms with Crippen molar-refractivity contribution in [3.63, 3.8) is 0 Å². The molecule has 0 unspecified atom stereocenters. The molecule has 0 amide bonds. The number of hydrogen-bond donors (Lipinski definition) is 2. The summed E-state index contributed by atoms with van der Waals surface area (Å²) in [6.45, 7) is 3.89. The van der Waals surface area contributed by atoms with Gasteiger partial charge < -0.3 is 11.1 Å². The second kappa shape index (κ2) is 7.23. The average molecular weight is 207 g/mol. The molecule has 1 heterocycles. The number of anilines is 1. The lowest BCUT2D eigenvalue weighted by molar-refractivity contribution is 0.661. The second-order valence-electron chi connectivity index (χ2n) is 3.80. The zero-order valence-corrected chi connectivity index (χ0v) is 9.50. The maximum absolute atomic E-state index is 5.43. The molecule has 1 rings (SSSR count). The van der Waals surface area contributed by atoms with Crippen LogP contribution in [0, 0.1) is 6.92 Å². The summed E-state index contributed by atoms with van der Waals surface area (Å²) in [5.74, 6) is 1.01. The number of aromatic nitrogens is 1. The standard InChI is InChI=1S/C12H21N3/c1-11-7-6-10-15-12(11)14-9-5-3-2-4-8-13/h6-7,10H,2-5,8-9,13H2,1H3,(H,14,15). The Morgan fingerprint density at radius 1 is 1.27 bits per heavy atom. The smallest absolute Gasteiger partial charge is 0.128 e. The minimum absolute atomic E-state index is 0.812. The van der Waals surface area contributed by atoms with Crippen molar-refractivity contribution >= 4 is 5.82 Å². The SMILES string of the molecule is Cc1cccnc1NCCCCCCN. The Balaban J connectivity index is 2.12. The maximum Gasteiger partial charge on any atom is 0.128 e. The molecule has 84 valence electrons. The third-order valence-electron chi connectivity index (χ3n) is 2.43.